The summed E-state index contributed by atoms with van der Waals surface area (Å²) in [5.41, 5.74) is 11.3. The zero-order chi connectivity index (χ0) is 18.1. The number of allylic oxidation sites excluding steroid dienone is 3. The molecule has 0 aliphatic carbocycles. The first kappa shape index (κ1) is 17.0. The third kappa shape index (κ3) is 3.37. The number of hydrogen-bond donors (Lipinski definition) is 1. The second-order valence-electron chi connectivity index (χ2n) is 6.80. The Morgan fingerprint density at radius 2 is 1.64 bits per heavy atom. The van der Waals surface area contributed by atoms with Crippen molar-refractivity contribution in [2.45, 2.75) is 41.5 Å². The summed E-state index contributed by atoms with van der Waals surface area (Å²) >= 11 is 0. The lowest BCUT2D eigenvalue weighted by molar-refractivity contribution is 1.20. The fourth-order valence-corrected chi connectivity index (χ4v) is 3.25. The molecule has 25 heavy (non-hydrogen) atoms. The standard InChI is InChI=1S/C23H24N2/c1-14-7-9-20(10-8-14)11-12-21-17(4)23(25-19(21)6)18(5)22-15(2)13-16(3)24-22/h7-10,13,24H,1-6H3/b23-18-. The highest BCUT2D eigenvalue weighted by Gasteiger charge is 2.20. The van der Waals surface area contributed by atoms with Gasteiger partial charge < -0.3 is 4.98 Å². The molecule has 0 saturated carbocycles. The molecule has 126 valence electrons. The van der Waals surface area contributed by atoms with Gasteiger partial charge in [0.2, 0.25) is 0 Å². The highest BCUT2D eigenvalue weighted by molar-refractivity contribution is 6.08. The van der Waals surface area contributed by atoms with Gasteiger partial charge in [-0.15, -0.1) is 0 Å². The van der Waals surface area contributed by atoms with Gasteiger partial charge in [0.1, 0.15) is 0 Å². The number of aromatic nitrogens is 1. The van der Waals surface area contributed by atoms with E-state index in [1.54, 1.807) is 0 Å². The number of nitrogens with one attached hydrogen (secondary N) is 1. The van der Waals surface area contributed by atoms with Crippen molar-refractivity contribution in [3.8, 4) is 11.8 Å². The van der Waals surface area contributed by atoms with Crippen LogP contribution in [0.5, 0.6) is 0 Å². The Labute approximate surface area is 150 Å². The average molecular weight is 328 g/mol. The van der Waals surface area contributed by atoms with Gasteiger partial charge in [-0.3, -0.25) is 4.99 Å². The predicted octanol–water partition coefficient (Wildman–Crippen LogP) is 5.51. The second-order valence-corrected chi connectivity index (χ2v) is 6.80. The van der Waals surface area contributed by atoms with Crippen molar-refractivity contribution in [2.75, 3.05) is 0 Å². The van der Waals surface area contributed by atoms with Gasteiger partial charge in [-0.2, -0.15) is 0 Å². The number of aryl methyl sites for hydroxylation is 3. The Hall–Kier alpha value is -2.79. The number of benzene rings is 1. The summed E-state index contributed by atoms with van der Waals surface area (Å²) < 4.78 is 0. The minimum atomic E-state index is 0.993. The van der Waals surface area contributed by atoms with E-state index in [0.29, 0.717) is 0 Å². The molecule has 2 heteroatoms. The third-order valence-electron chi connectivity index (χ3n) is 4.63. The fourth-order valence-electron chi connectivity index (χ4n) is 3.25. The normalized spacial score (nSPS) is 15.8. The van der Waals surface area contributed by atoms with Gasteiger partial charge in [0.05, 0.1) is 17.0 Å². The lowest BCUT2D eigenvalue weighted by Gasteiger charge is -2.05. The molecule has 0 atom stereocenters. The molecular formula is C23H24N2. The summed E-state index contributed by atoms with van der Waals surface area (Å²) in [5, 5.41) is 0. The maximum Gasteiger partial charge on any atom is 0.0725 e. The van der Waals surface area contributed by atoms with Crippen LogP contribution in [-0.4, -0.2) is 10.7 Å². The van der Waals surface area contributed by atoms with Crippen molar-refractivity contribution in [1.29, 1.82) is 0 Å². The molecule has 3 rings (SSSR count). The molecule has 2 aromatic rings. The Bertz CT molecular complexity index is 981. The van der Waals surface area contributed by atoms with Crippen LogP contribution in [-0.2, 0) is 0 Å². The predicted molar refractivity (Wildman–Crippen MR) is 107 cm³/mol. The molecule has 1 aliphatic rings. The molecule has 0 saturated heterocycles. The monoisotopic (exact) mass is 328 g/mol. The molecular weight excluding hydrogens is 304 g/mol. The van der Waals surface area contributed by atoms with Crippen molar-refractivity contribution < 1.29 is 0 Å². The van der Waals surface area contributed by atoms with Crippen LogP contribution in [0, 0.1) is 32.6 Å². The Morgan fingerprint density at radius 1 is 0.960 bits per heavy atom. The van der Waals surface area contributed by atoms with Crippen LogP contribution in [0.2, 0.25) is 0 Å². The van der Waals surface area contributed by atoms with E-state index in [4.69, 9.17) is 4.99 Å². The molecule has 0 radical (unpaired) electrons. The molecule has 1 aromatic carbocycles. The smallest absolute Gasteiger partial charge is 0.0725 e. The minimum Gasteiger partial charge on any atom is -0.359 e. The Kier molecular flexibility index (Phi) is 4.51. The van der Waals surface area contributed by atoms with Crippen molar-refractivity contribution in [3.05, 3.63) is 75.3 Å². The molecule has 1 aromatic heterocycles. The molecule has 0 unspecified atom stereocenters. The van der Waals surface area contributed by atoms with Gasteiger partial charge in [-0.25, -0.2) is 0 Å². The Morgan fingerprint density at radius 3 is 2.24 bits per heavy atom. The maximum absolute atomic E-state index is 4.80. The van der Waals surface area contributed by atoms with Crippen LogP contribution in [0.1, 0.15) is 48.8 Å². The summed E-state index contributed by atoms with van der Waals surface area (Å²) in [7, 11) is 0. The molecule has 2 nitrogen and oxygen atoms in total. The molecule has 0 bridgehead atoms. The van der Waals surface area contributed by atoms with Gasteiger partial charge in [-0.1, -0.05) is 29.5 Å². The second kappa shape index (κ2) is 6.61. The van der Waals surface area contributed by atoms with Gasteiger partial charge >= 0.3 is 0 Å². The van der Waals surface area contributed by atoms with Crippen LogP contribution < -0.4 is 0 Å². The van der Waals surface area contributed by atoms with Crippen molar-refractivity contribution in [1.82, 2.24) is 4.98 Å². The van der Waals surface area contributed by atoms with Crippen molar-refractivity contribution in [3.63, 3.8) is 0 Å². The van der Waals surface area contributed by atoms with E-state index in [-0.39, 0.29) is 0 Å². The molecule has 1 aliphatic heterocycles. The van der Waals surface area contributed by atoms with E-state index < -0.39 is 0 Å². The van der Waals surface area contributed by atoms with E-state index >= 15 is 0 Å². The fraction of sp³-hybridized carbons (Fsp3) is 0.261. The Balaban J connectivity index is 2.02. The number of aromatic amines is 1. The van der Waals surface area contributed by atoms with E-state index in [9.17, 15) is 0 Å². The molecule has 2 heterocycles. The third-order valence-corrected chi connectivity index (χ3v) is 4.63. The topological polar surface area (TPSA) is 28.1 Å². The number of H-pyrrole nitrogens is 1. The maximum atomic E-state index is 4.80. The van der Waals surface area contributed by atoms with Crippen molar-refractivity contribution in [2.24, 2.45) is 4.99 Å². The van der Waals surface area contributed by atoms with Crippen LogP contribution >= 0.6 is 0 Å². The lowest BCUT2D eigenvalue weighted by atomic mass is 10.0. The van der Waals surface area contributed by atoms with Gasteiger partial charge in [0, 0.05) is 17.0 Å². The summed E-state index contributed by atoms with van der Waals surface area (Å²) in [6, 6.07) is 10.5. The first-order chi connectivity index (χ1) is 11.9. The largest absolute Gasteiger partial charge is 0.359 e. The molecule has 1 N–H and O–H groups in total. The SMILES string of the molecule is CC1=N/C(=C(/C)c2[nH]c(C)cc2C)C(C)=C1C#Cc1ccc(C)cc1. The van der Waals surface area contributed by atoms with E-state index in [1.807, 2.05) is 6.92 Å². The van der Waals surface area contributed by atoms with Gasteiger partial charge in [-0.05, 0) is 76.5 Å². The molecule has 0 spiro atoms. The minimum absolute atomic E-state index is 0.993. The summed E-state index contributed by atoms with van der Waals surface area (Å²) in [4.78, 5) is 8.25. The number of nitrogens with zero attached hydrogens (tertiary/aromatic N) is 1. The lowest BCUT2D eigenvalue weighted by Crippen LogP contribution is -1.91. The zero-order valence-corrected chi connectivity index (χ0v) is 15.8. The summed E-state index contributed by atoms with van der Waals surface area (Å²) in [6.07, 6.45) is 0. The van der Waals surface area contributed by atoms with E-state index in [1.165, 1.54) is 22.4 Å². The van der Waals surface area contributed by atoms with Crippen molar-refractivity contribution >= 4 is 11.3 Å². The van der Waals surface area contributed by atoms with Gasteiger partial charge in [0.25, 0.3) is 0 Å². The summed E-state index contributed by atoms with van der Waals surface area (Å²) in [5.74, 6) is 6.60. The van der Waals surface area contributed by atoms with E-state index in [2.05, 4.69) is 81.8 Å². The summed E-state index contributed by atoms with van der Waals surface area (Å²) in [6.45, 7) is 12.6. The number of rotatable bonds is 1. The molecule has 0 fully saturated rings. The number of aliphatic imine (C=N–C) groups is 1. The van der Waals surface area contributed by atoms with E-state index in [0.717, 1.165) is 33.8 Å². The van der Waals surface area contributed by atoms with Gasteiger partial charge in [0.15, 0.2) is 0 Å². The zero-order valence-electron chi connectivity index (χ0n) is 15.8. The first-order valence-electron chi connectivity index (χ1n) is 8.60. The highest BCUT2D eigenvalue weighted by Crippen LogP contribution is 2.32. The average Bonchev–Trinajstić information content (AvgIpc) is 3.05. The van der Waals surface area contributed by atoms with Crippen LogP contribution in [0.3, 0.4) is 0 Å². The number of hydrogen-bond acceptors (Lipinski definition) is 1. The van der Waals surface area contributed by atoms with Crippen LogP contribution in [0.4, 0.5) is 0 Å². The molecule has 0 amide bonds. The quantitative estimate of drug-likeness (QED) is 0.668. The highest BCUT2D eigenvalue weighted by atomic mass is 14.8. The first-order valence-corrected chi connectivity index (χ1v) is 8.60. The van der Waals surface area contributed by atoms with Crippen LogP contribution in [0.15, 0.2) is 52.2 Å². The van der Waals surface area contributed by atoms with Crippen LogP contribution in [0.25, 0.3) is 5.57 Å².